The average Bonchev–Trinajstić information content (AvgIpc) is 2.86. The summed E-state index contributed by atoms with van der Waals surface area (Å²) in [5, 5.41) is 0. The minimum absolute atomic E-state index is 0.0376. The van der Waals surface area contributed by atoms with Gasteiger partial charge in [0.1, 0.15) is 11.9 Å². The highest BCUT2D eigenvalue weighted by Crippen LogP contribution is 2.10. The molecule has 11 nitrogen and oxygen atoms in total. The predicted molar refractivity (Wildman–Crippen MR) is 133 cm³/mol. The van der Waals surface area contributed by atoms with E-state index in [4.69, 9.17) is 42.1 Å². The van der Waals surface area contributed by atoms with E-state index >= 15 is 0 Å². The molecule has 0 aromatic heterocycles. The second kappa shape index (κ2) is 23.0. The van der Waals surface area contributed by atoms with E-state index in [1.165, 1.54) is 0 Å². The first kappa shape index (κ1) is 32.8. The van der Waals surface area contributed by atoms with Gasteiger partial charge >= 0.3 is 0 Å². The lowest BCUT2D eigenvalue weighted by atomic mass is 10.2. The van der Waals surface area contributed by atoms with Gasteiger partial charge < -0.3 is 37.9 Å². The van der Waals surface area contributed by atoms with E-state index in [9.17, 15) is 8.42 Å². The minimum Gasteiger partial charge on any atom is -0.382 e. The Balaban J connectivity index is 2.31. The molecule has 0 radical (unpaired) electrons. The summed E-state index contributed by atoms with van der Waals surface area (Å²) in [6, 6.07) is 8.84. The number of methoxy groups -OCH3 is 2. The molecule has 0 aliphatic carbocycles. The molecule has 0 bridgehead atoms. The molecular formula is C24H42O11S. The van der Waals surface area contributed by atoms with Crippen LogP contribution in [0.15, 0.2) is 30.3 Å². The Labute approximate surface area is 215 Å². The monoisotopic (exact) mass is 538 g/mol. The fourth-order valence-corrected chi connectivity index (χ4v) is 3.91. The van der Waals surface area contributed by atoms with Crippen molar-refractivity contribution >= 4 is 10.1 Å². The van der Waals surface area contributed by atoms with Crippen LogP contribution in [-0.2, 0) is 57.9 Å². The molecule has 0 fully saturated rings. The van der Waals surface area contributed by atoms with Crippen molar-refractivity contribution in [1.29, 1.82) is 0 Å². The van der Waals surface area contributed by atoms with Gasteiger partial charge in [-0.1, -0.05) is 30.3 Å². The Morgan fingerprint density at radius 2 is 0.972 bits per heavy atom. The number of benzene rings is 1. The molecule has 1 aromatic carbocycles. The molecule has 12 heteroatoms. The molecule has 36 heavy (non-hydrogen) atoms. The molecule has 0 amide bonds. The molecule has 0 aliphatic rings. The maximum atomic E-state index is 12.5. The molecule has 0 spiro atoms. The lowest BCUT2D eigenvalue weighted by Crippen LogP contribution is -2.30. The van der Waals surface area contributed by atoms with Gasteiger partial charge in [-0.25, -0.2) is 0 Å². The van der Waals surface area contributed by atoms with Crippen molar-refractivity contribution in [2.24, 2.45) is 0 Å². The van der Waals surface area contributed by atoms with Crippen LogP contribution in [-0.4, -0.2) is 121 Å². The van der Waals surface area contributed by atoms with Crippen LogP contribution in [0.5, 0.6) is 0 Å². The van der Waals surface area contributed by atoms with E-state index in [0.29, 0.717) is 71.6 Å². The highest BCUT2D eigenvalue weighted by molar-refractivity contribution is 7.85. The zero-order chi connectivity index (χ0) is 26.2. The summed E-state index contributed by atoms with van der Waals surface area (Å²) < 4.78 is 72.9. The van der Waals surface area contributed by atoms with Gasteiger partial charge in [0, 0.05) is 14.2 Å². The summed E-state index contributed by atoms with van der Waals surface area (Å²) >= 11 is 0. The third kappa shape index (κ3) is 19.9. The fraction of sp³-hybridized carbons (Fsp3) is 0.750. The first-order chi connectivity index (χ1) is 17.6. The van der Waals surface area contributed by atoms with Crippen molar-refractivity contribution in [2.75, 3.05) is 107 Å². The first-order valence-corrected chi connectivity index (χ1v) is 13.5. The molecule has 1 rings (SSSR count). The number of hydrogen-bond acceptors (Lipinski definition) is 11. The average molecular weight is 539 g/mol. The largest absolute Gasteiger partial charge is 0.382 e. The second-order valence-electron chi connectivity index (χ2n) is 7.49. The molecule has 1 aromatic rings. The Morgan fingerprint density at radius 3 is 1.39 bits per heavy atom. The maximum Gasteiger partial charge on any atom is 0.271 e. The van der Waals surface area contributed by atoms with Crippen LogP contribution in [0.3, 0.4) is 0 Å². The Bertz CT molecular complexity index is 679. The topological polar surface area (TPSA) is 117 Å². The second-order valence-corrected chi connectivity index (χ2v) is 9.09. The van der Waals surface area contributed by atoms with Crippen molar-refractivity contribution in [3.63, 3.8) is 0 Å². The SMILES string of the molecule is COCCOCCOCCOCC(COCCOCCOCCOC)OS(=O)(=O)Cc1ccccc1. The summed E-state index contributed by atoms with van der Waals surface area (Å²) in [5.41, 5.74) is 0.639. The summed E-state index contributed by atoms with van der Waals surface area (Å²) in [4.78, 5) is 0. The highest BCUT2D eigenvalue weighted by Gasteiger charge is 2.21. The van der Waals surface area contributed by atoms with E-state index in [-0.39, 0.29) is 32.2 Å². The van der Waals surface area contributed by atoms with Gasteiger partial charge in [-0.3, -0.25) is 4.18 Å². The Kier molecular flexibility index (Phi) is 20.9. The molecule has 0 heterocycles. The van der Waals surface area contributed by atoms with E-state index < -0.39 is 16.2 Å². The fourth-order valence-electron chi connectivity index (χ4n) is 2.72. The first-order valence-electron chi connectivity index (χ1n) is 12.0. The quantitative estimate of drug-likeness (QED) is 0.125. The van der Waals surface area contributed by atoms with Crippen LogP contribution in [0.1, 0.15) is 5.56 Å². The van der Waals surface area contributed by atoms with Crippen LogP contribution in [0.25, 0.3) is 0 Å². The summed E-state index contributed by atoms with van der Waals surface area (Å²) in [5.74, 6) is -0.233. The standard InChI is InChI=1S/C24H42O11S/c1-27-8-10-29-12-14-31-16-18-33-20-24(21-34-19-17-32-15-13-30-11-9-28-2)35-36(25,26)22-23-6-4-3-5-7-23/h3-7,24H,8-22H2,1-2H3. The number of hydrogen-bond donors (Lipinski definition) is 0. The van der Waals surface area contributed by atoms with Gasteiger partial charge in [0.25, 0.3) is 10.1 Å². The van der Waals surface area contributed by atoms with Gasteiger partial charge in [0.2, 0.25) is 0 Å². The lowest BCUT2D eigenvalue weighted by molar-refractivity contribution is -0.0392. The van der Waals surface area contributed by atoms with Crippen molar-refractivity contribution in [3.8, 4) is 0 Å². The zero-order valence-electron chi connectivity index (χ0n) is 21.5. The molecule has 0 N–H and O–H groups in total. The van der Waals surface area contributed by atoms with Gasteiger partial charge in [-0.05, 0) is 5.56 Å². The lowest BCUT2D eigenvalue weighted by Gasteiger charge is -2.18. The van der Waals surface area contributed by atoms with Crippen LogP contribution in [0, 0.1) is 0 Å². The summed E-state index contributed by atoms with van der Waals surface area (Å²) in [6.45, 7) is 5.21. The van der Waals surface area contributed by atoms with Crippen molar-refractivity contribution in [1.82, 2.24) is 0 Å². The van der Waals surface area contributed by atoms with Gasteiger partial charge in [0.15, 0.2) is 0 Å². The van der Waals surface area contributed by atoms with E-state index in [1.54, 1.807) is 38.5 Å². The normalized spacial score (nSPS) is 12.0. The van der Waals surface area contributed by atoms with Crippen LogP contribution in [0.2, 0.25) is 0 Å². The van der Waals surface area contributed by atoms with Gasteiger partial charge in [-0.15, -0.1) is 0 Å². The molecule has 0 saturated heterocycles. The van der Waals surface area contributed by atoms with Crippen molar-refractivity contribution < 1.29 is 50.5 Å². The maximum absolute atomic E-state index is 12.5. The molecule has 210 valence electrons. The summed E-state index contributed by atoms with van der Waals surface area (Å²) in [7, 11) is -0.608. The Morgan fingerprint density at radius 1 is 0.583 bits per heavy atom. The van der Waals surface area contributed by atoms with Gasteiger partial charge in [0.05, 0.1) is 92.5 Å². The van der Waals surface area contributed by atoms with Crippen LogP contribution >= 0.6 is 0 Å². The van der Waals surface area contributed by atoms with Gasteiger partial charge in [-0.2, -0.15) is 8.42 Å². The van der Waals surface area contributed by atoms with Crippen molar-refractivity contribution in [3.05, 3.63) is 35.9 Å². The molecule has 0 unspecified atom stereocenters. The summed E-state index contributed by atoms with van der Waals surface area (Å²) in [6.07, 6.45) is -0.798. The van der Waals surface area contributed by atoms with E-state index in [1.807, 2.05) is 6.07 Å². The number of rotatable bonds is 26. The molecular weight excluding hydrogens is 496 g/mol. The molecule has 0 saturated carbocycles. The number of ether oxygens (including phenoxy) is 8. The highest BCUT2D eigenvalue weighted by atomic mass is 32.2. The minimum atomic E-state index is -3.83. The Hall–Kier alpha value is -1.19. The molecule has 0 aliphatic heterocycles. The predicted octanol–water partition coefficient (Wildman–Crippen LogP) is 1.29. The third-order valence-corrected chi connectivity index (χ3v) is 5.68. The van der Waals surface area contributed by atoms with Crippen LogP contribution in [0.4, 0.5) is 0 Å². The van der Waals surface area contributed by atoms with E-state index in [0.717, 1.165) is 0 Å². The third-order valence-electron chi connectivity index (χ3n) is 4.43. The zero-order valence-corrected chi connectivity index (χ0v) is 22.3. The van der Waals surface area contributed by atoms with Crippen molar-refractivity contribution in [2.45, 2.75) is 11.9 Å². The van der Waals surface area contributed by atoms with Crippen LogP contribution < -0.4 is 0 Å². The van der Waals surface area contributed by atoms with E-state index in [2.05, 4.69) is 0 Å². The smallest absolute Gasteiger partial charge is 0.271 e. The molecule has 0 atom stereocenters.